The standard InChI is InChI=1S/C15H19F2NO3/c1-15(2,3)9-18(8-12(19)20)14(21)11-6-4-5-10(7-11)13(16)17/h4-7,13H,8-9H2,1-3H3,(H,19,20). The fraction of sp³-hybridized carbons (Fsp3) is 0.467. The molecule has 1 N–H and O–H groups in total. The monoisotopic (exact) mass is 299 g/mol. The van der Waals surface area contributed by atoms with Gasteiger partial charge in [-0.15, -0.1) is 0 Å². The third kappa shape index (κ3) is 5.49. The lowest BCUT2D eigenvalue weighted by molar-refractivity contribution is -0.138. The molecule has 1 amide bonds. The molecule has 0 aliphatic carbocycles. The van der Waals surface area contributed by atoms with Crippen molar-refractivity contribution in [3.05, 3.63) is 35.4 Å². The number of carboxylic acids is 1. The maximum Gasteiger partial charge on any atom is 0.323 e. The molecule has 1 aromatic rings. The number of carbonyl (C=O) groups excluding carboxylic acids is 1. The maximum atomic E-state index is 12.7. The summed E-state index contributed by atoms with van der Waals surface area (Å²) in [4.78, 5) is 24.4. The Morgan fingerprint density at radius 2 is 1.90 bits per heavy atom. The van der Waals surface area contributed by atoms with Gasteiger partial charge in [-0.1, -0.05) is 32.9 Å². The van der Waals surface area contributed by atoms with E-state index in [1.54, 1.807) is 0 Å². The number of carbonyl (C=O) groups is 2. The molecule has 4 nitrogen and oxygen atoms in total. The molecule has 0 saturated heterocycles. The topological polar surface area (TPSA) is 57.6 Å². The fourth-order valence-corrected chi connectivity index (χ4v) is 1.93. The molecule has 0 atom stereocenters. The predicted octanol–water partition coefficient (Wildman–Crippen LogP) is 3.20. The van der Waals surface area contributed by atoms with Crippen LogP contribution in [0.2, 0.25) is 0 Å². The van der Waals surface area contributed by atoms with Gasteiger partial charge in [-0.2, -0.15) is 0 Å². The van der Waals surface area contributed by atoms with Crippen LogP contribution < -0.4 is 0 Å². The van der Waals surface area contributed by atoms with E-state index in [1.165, 1.54) is 18.2 Å². The zero-order chi connectivity index (χ0) is 16.2. The van der Waals surface area contributed by atoms with E-state index < -0.39 is 24.8 Å². The van der Waals surface area contributed by atoms with Gasteiger partial charge < -0.3 is 10.0 Å². The second kappa shape index (κ2) is 6.65. The van der Waals surface area contributed by atoms with Gasteiger partial charge in [-0.3, -0.25) is 9.59 Å². The zero-order valence-electron chi connectivity index (χ0n) is 12.3. The molecule has 0 saturated carbocycles. The van der Waals surface area contributed by atoms with Gasteiger partial charge in [0, 0.05) is 17.7 Å². The summed E-state index contributed by atoms with van der Waals surface area (Å²) in [5.74, 6) is -1.70. The first-order valence-electron chi connectivity index (χ1n) is 6.49. The highest BCUT2D eigenvalue weighted by atomic mass is 19.3. The van der Waals surface area contributed by atoms with Gasteiger partial charge >= 0.3 is 5.97 Å². The number of aliphatic carboxylic acids is 1. The summed E-state index contributed by atoms with van der Waals surface area (Å²) in [7, 11) is 0. The lowest BCUT2D eigenvalue weighted by atomic mass is 9.95. The molecular weight excluding hydrogens is 280 g/mol. The molecule has 0 aliphatic heterocycles. The van der Waals surface area contributed by atoms with E-state index >= 15 is 0 Å². The minimum Gasteiger partial charge on any atom is -0.480 e. The number of benzene rings is 1. The summed E-state index contributed by atoms with van der Waals surface area (Å²) in [6.45, 7) is 5.35. The molecule has 0 aliphatic rings. The third-order valence-corrected chi connectivity index (χ3v) is 2.66. The van der Waals surface area contributed by atoms with E-state index in [4.69, 9.17) is 5.11 Å². The molecule has 0 bridgehead atoms. The van der Waals surface area contributed by atoms with Crippen LogP contribution in [-0.4, -0.2) is 35.0 Å². The van der Waals surface area contributed by atoms with Gasteiger partial charge in [0.25, 0.3) is 12.3 Å². The van der Waals surface area contributed by atoms with Crippen molar-refractivity contribution in [3.63, 3.8) is 0 Å². The predicted molar refractivity (Wildman–Crippen MR) is 74.4 cm³/mol. The van der Waals surface area contributed by atoms with E-state index in [0.29, 0.717) is 0 Å². The molecular formula is C15H19F2NO3. The number of amides is 1. The van der Waals surface area contributed by atoms with Crippen LogP contribution in [-0.2, 0) is 4.79 Å². The lowest BCUT2D eigenvalue weighted by Gasteiger charge is -2.29. The maximum absolute atomic E-state index is 12.7. The largest absolute Gasteiger partial charge is 0.480 e. The number of halogens is 2. The molecule has 1 rings (SSSR count). The molecule has 0 spiro atoms. The quantitative estimate of drug-likeness (QED) is 0.908. The first-order chi connectivity index (χ1) is 9.60. The molecule has 21 heavy (non-hydrogen) atoms. The molecule has 1 aromatic carbocycles. The van der Waals surface area contributed by atoms with E-state index in [-0.39, 0.29) is 23.1 Å². The summed E-state index contributed by atoms with van der Waals surface area (Å²) in [6, 6.07) is 5.10. The second-order valence-corrected chi connectivity index (χ2v) is 6.04. The van der Waals surface area contributed by atoms with Crippen LogP contribution in [0, 0.1) is 5.41 Å². The Kier molecular flexibility index (Phi) is 5.41. The van der Waals surface area contributed by atoms with Crippen LogP contribution >= 0.6 is 0 Å². The summed E-state index contributed by atoms with van der Waals surface area (Å²) in [5.41, 5.74) is -0.490. The van der Waals surface area contributed by atoms with Crippen molar-refractivity contribution in [3.8, 4) is 0 Å². The average molecular weight is 299 g/mol. The van der Waals surface area contributed by atoms with Crippen molar-refractivity contribution in [2.75, 3.05) is 13.1 Å². The Morgan fingerprint density at radius 1 is 1.29 bits per heavy atom. The number of hydrogen-bond acceptors (Lipinski definition) is 2. The molecule has 0 fully saturated rings. The lowest BCUT2D eigenvalue weighted by Crippen LogP contribution is -2.41. The van der Waals surface area contributed by atoms with Crippen molar-refractivity contribution >= 4 is 11.9 Å². The zero-order valence-corrected chi connectivity index (χ0v) is 12.3. The summed E-state index contributed by atoms with van der Waals surface area (Å²) in [6.07, 6.45) is -2.67. The summed E-state index contributed by atoms with van der Waals surface area (Å²) in [5, 5.41) is 8.91. The highest BCUT2D eigenvalue weighted by Crippen LogP contribution is 2.21. The first-order valence-corrected chi connectivity index (χ1v) is 6.49. The molecule has 0 aromatic heterocycles. The second-order valence-electron chi connectivity index (χ2n) is 6.04. The Balaban J connectivity index is 3.04. The highest BCUT2D eigenvalue weighted by Gasteiger charge is 2.24. The van der Waals surface area contributed by atoms with Crippen LogP contribution in [0.1, 0.15) is 43.1 Å². The van der Waals surface area contributed by atoms with Gasteiger partial charge in [0.05, 0.1) is 0 Å². The summed E-state index contributed by atoms with van der Waals surface area (Å²) < 4.78 is 25.3. The molecule has 0 radical (unpaired) electrons. The van der Waals surface area contributed by atoms with Gasteiger partial charge in [0.15, 0.2) is 0 Å². The number of rotatable bonds is 5. The van der Waals surface area contributed by atoms with E-state index in [9.17, 15) is 18.4 Å². The van der Waals surface area contributed by atoms with Crippen LogP contribution in [0.5, 0.6) is 0 Å². The SMILES string of the molecule is CC(C)(C)CN(CC(=O)O)C(=O)c1cccc(C(F)F)c1. The number of nitrogens with zero attached hydrogens (tertiary/aromatic N) is 1. The van der Waals surface area contributed by atoms with Crippen molar-refractivity contribution in [2.24, 2.45) is 5.41 Å². The van der Waals surface area contributed by atoms with E-state index in [1.807, 2.05) is 20.8 Å². The van der Waals surface area contributed by atoms with Crippen LogP contribution in [0.25, 0.3) is 0 Å². The Morgan fingerprint density at radius 3 is 2.38 bits per heavy atom. The number of hydrogen-bond donors (Lipinski definition) is 1. The normalized spacial score (nSPS) is 11.5. The van der Waals surface area contributed by atoms with E-state index in [2.05, 4.69) is 0 Å². The Labute approximate surface area is 122 Å². The molecule has 6 heteroatoms. The highest BCUT2D eigenvalue weighted by molar-refractivity contribution is 5.96. The fourth-order valence-electron chi connectivity index (χ4n) is 1.93. The van der Waals surface area contributed by atoms with Crippen LogP contribution in [0.3, 0.4) is 0 Å². The van der Waals surface area contributed by atoms with Gasteiger partial charge in [0.1, 0.15) is 6.54 Å². The van der Waals surface area contributed by atoms with Crippen LogP contribution in [0.15, 0.2) is 24.3 Å². The van der Waals surface area contributed by atoms with Crippen molar-refractivity contribution in [2.45, 2.75) is 27.2 Å². The third-order valence-electron chi connectivity index (χ3n) is 2.66. The van der Waals surface area contributed by atoms with Crippen LogP contribution in [0.4, 0.5) is 8.78 Å². The average Bonchev–Trinajstić information content (AvgIpc) is 2.35. The van der Waals surface area contributed by atoms with Gasteiger partial charge in [0.2, 0.25) is 0 Å². The number of alkyl halides is 2. The van der Waals surface area contributed by atoms with Crippen molar-refractivity contribution < 1.29 is 23.5 Å². The van der Waals surface area contributed by atoms with Crippen molar-refractivity contribution in [1.29, 1.82) is 0 Å². The molecule has 116 valence electrons. The first kappa shape index (κ1) is 17.1. The van der Waals surface area contributed by atoms with Crippen molar-refractivity contribution in [1.82, 2.24) is 4.90 Å². The van der Waals surface area contributed by atoms with E-state index in [0.717, 1.165) is 11.0 Å². The summed E-state index contributed by atoms with van der Waals surface area (Å²) >= 11 is 0. The Bertz CT molecular complexity index is 524. The Hall–Kier alpha value is -1.98. The molecule has 0 unspecified atom stereocenters. The van der Waals surface area contributed by atoms with Gasteiger partial charge in [-0.05, 0) is 17.5 Å². The smallest absolute Gasteiger partial charge is 0.323 e. The molecule has 0 heterocycles. The number of carboxylic acid groups (broad SMARTS) is 1. The minimum atomic E-state index is -2.67. The van der Waals surface area contributed by atoms with Gasteiger partial charge in [-0.25, -0.2) is 8.78 Å². The minimum absolute atomic E-state index is 0.0679.